The Bertz CT molecular complexity index is 586. The van der Waals surface area contributed by atoms with E-state index in [0.29, 0.717) is 12.3 Å². The van der Waals surface area contributed by atoms with Gasteiger partial charge < -0.3 is 20.1 Å². The lowest BCUT2D eigenvalue weighted by Gasteiger charge is -2.26. The highest BCUT2D eigenvalue weighted by atomic mass is 127. The van der Waals surface area contributed by atoms with Crippen molar-refractivity contribution < 1.29 is 13.9 Å². The van der Waals surface area contributed by atoms with Crippen molar-refractivity contribution in [3.63, 3.8) is 0 Å². The van der Waals surface area contributed by atoms with Crippen LogP contribution < -0.4 is 15.4 Å². The van der Waals surface area contributed by atoms with Crippen LogP contribution in [0.2, 0.25) is 0 Å². The zero-order valence-corrected chi connectivity index (χ0v) is 20.0. The number of nitrogens with zero attached hydrogens (tertiary/aromatic N) is 2. The van der Waals surface area contributed by atoms with Gasteiger partial charge in [-0.1, -0.05) is 13.0 Å². The number of halogens is 2. The molecule has 8 heteroatoms. The summed E-state index contributed by atoms with van der Waals surface area (Å²) in [6.45, 7) is 11.2. The molecule has 0 saturated carbocycles. The van der Waals surface area contributed by atoms with Gasteiger partial charge in [-0.25, -0.2) is 9.38 Å². The average molecular weight is 522 g/mol. The maximum atomic E-state index is 13.3. The quantitative estimate of drug-likeness (QED) is 0.202. The molecule has 1 aromatic carbocycles. The smallest absolute Gasteiger partial charge is 0.191 e. The molecule has 1 fully saturated rings. The van der Waals surface area contributed by atoms with Crippen molar-refractivity contribution in [1.82, 2.24) is 15.5 Å². The SMILES string of the molecule is CCNC(=NCC(CC)Oc1cccc(F)c1)NCCCCN1CCOCC1.I. The van der Waals surface area contributed by atoms with Gasteiger partial charge in [0.05, 0.1) is 19.8 Å². The van der Waals surface area contributed by atoms with Gasteiger partial charge in [-0.2, -0.15) is 0 Å². The molecule has 1 aliphatic rings. The monoisotopic (exact) mass is 522 g/mol. The second-order valence-corrected chi connectivity index (χ2v) is 6.91. The summed E-state index contributed by atoms with van der Waals surface area (Å²) in [7, 11) is 0. The second-order valence-electron chi connectivity index (χ2n) is 6.91. The van der Waals surface area contributed by atoms with Crippen molar-refractivity contribution in [3.8, 4) is 5.75 Å². The molecule has 0 amide bonds. The van der Waals surface area contributed by atoms with E-state index in [9.17, 15) is 4.39 Å². The average Bonchev–Trinajstić information content (AvgIpc) is 2.71. The van der Waals surface area contributed by atoms with E-state index < -0.39 is 0 Å². The molecule has 0 aromatic heterocycles. The molecule has 0 aliphatic carbocycles. The lowest BCUT2D eigenvalue weighted by atomic mass is 10.2. The number of morpholine rings is 1. The fraction of sp³-hybridized carbons (Fsp3) is 0.667. The van der Waals surface area contributed by atoms with Crippen LogP contribution in [0, 0.1) is 5.82 Å². The topological polar surface area (TPSA) is 58.1 Å². The number of nitrogens with one attached hydrogen (secondary N) is 2. The second kappa shape index (κ2) is 15.7. The summed E-state index contributed by atoms with van der Waals surface area (Å²) in [4.78, 5) is 7.10. The molecule has 1 aromatic rings. The number of rotatable bonds is 11. The van der Waals surface area contributed by atoms with Crippen molar-refractivity contribution in [2.75, 3.05) is 52.5 Å². The van der Waals surface area contributed by atoms with E-state index in [2.05, 4.69) is 27.4 Å². The van der Waals surface area contributed by atoms with Crippen LogP contribution in [0.3, 0.4) is 0 Å². The van der Waals surface area contributed by atoms with E-state index >= 15 is 0 Å². The Kier molecular flexibility index (Phi) is 14.0. The summed E-state index contributed by atoms with van der Waals surface area (Å²) in [6, 6.07) is 6.25. The van der Waals surface area contributed by atoms with Gasteiger partial charge in [0, 0.05) is 32.2 Å². The first kappa shape index (κ1) is 25.9. The van der Waals surface area contributed by atoms with Crippen LogP contribution in [0.1, 0.15) is 33.1 Å². The van der Waals surface area contributed by atoms with Gasteiger partial charge in [0.15, 0.2) is 5.96 Å². The largest absolute Gasteiger partial charge is 0.488 e. The number of benzene rings is 1. The summed E-state index contributed by atoms with van der Waals surface area (Å²) in [6.07, 6.45) is 2.98. The Morgan fingerprint density at radius 3 is 2.72 bits per heavy atom. The summed E-state index contributed by atoms with van der Waals surface area (Å²) in [5.41, 5.74) is 0. The van der Waals surface area contributed by atoms with Gasteiger partial charge in [0.2, 0.25) is 0 Å². The third-order valence-corrected chi connectivity index (χ3v) is 4.65. The first-order valence-electron chi connectivity index (χ1n) is 10.5. The van der Waals surface area contributed by atoms with Gasteiger partial charge in [0.25, 0.3) is 0 Å². The summed E-state index contributed by atoms with van der Waals surface area (Å²) in [5.74, 6) is 1.06. The van der Waals surface area contributed by atoms with Gasteiger partial charge in [-0.3, -0.25) is 4.90 Å². The van der Waals surface area contributed by atoms with Gasteiger partial charge in [0.1, 0.15) is 17.7 Å². The van der Waals surface area contributed by atoms with Crippen molar-refractivity contribution in [3.05, 3.63) is 30.1 Å². The van der Waals surface area contributed by atoms with E-state index in [1.54, 1.807) is 12.1 Å². The van der Waals surface area contributed by atoms with Crippen molar-refractivity contribution in [2.45, 2.75) is 39.2 Å². The van der Waals surface area contributed by atoms with E-state index in [4.69, 9.17) is 9.47 Å². The van der Waals surface area contributed by atoms with Crippen LogP contribution in [-0.2, 0) is 4.74 Å². The lowest BCUT2D eigenvalue weighted by molar-refractivity contribution is 0.0372. The number of aliphatic imine (C=N–C) groups is 1. The standard InChI is InChI=1S/C21H35FN4O2.HI/c1-3-19(28-20-9-7-8-18(22)16-20)17-25-21(23-4-2)24-10-5-6-11-26-12-14-27-15-13-26;/h7-9,16,19H,3-6,10-15,17H2,1-2H3,(H2,23,24,25);1H. The van der Waals surface area contributed by atoms with E-state index in [1.165, 1.54) is 12.1 Å². The predicted molar refractivity (Wildman–Crippen MR) is 127 cm³/mol. The molecular weight excluding hydrogens is 486 g/mol. The van der Waals surface area contributed by atoms with Crippen LogP contribution in [0.25, 0.3) is 0 Å². The highest BCUT2D eigenvalue weighted by molar-refractivity contribution is 14.0. The number of ether oxygens (including phenoxy) is 2. The highest BCUT2D eigenvalue weighted by Crippen LogP contribution is 2.15. The Hall–Kier alpha value is -1.13. The third-order valence-electron chi connectivity index (χ3n) is 4.65. The number of unbranched alkanes of at least 4 members (excludes halogenated alkanes) is 1. The first-order chi connectivity index (χ1) is 13.7. The molecule has 0 radical (unpaired) electrons. The lowest BCUT2D eigenvalue weighted by Crippen LogP contribution is -2.39. The molecule has 166 valence electrons. The summed E-state index contributed by atoms with van der Waals surface area (Å²) in [5, 5.41) is 6.66. The van der Waals surface area contributed by atoms with Crippen LogP contribution >= 0.6 is 24.0 Å². The van der Waals surface area contributed by atoms with Crippen molar-refractivity contribution >= 4 is 29.9 Å². The van der Waals surface area contributed by atoms with Crippen LogP contribution in [0.5, 0.6) is 5.75 Å². The number of guanidine groups is 1. The zero-order valence-electron chi connectivity index (χ0n) is 17.7. The van der Waals surface area contributed by atoms with Gasteiger partial charge >= 0.3 is 0 Å². The molecule has 0 spiro atoms. The molecule has 2 rings (SSSR count). The predicted octanol–water partition coefficient (Wildman–Crippen LogP) is 3.27. The molecule has 1 unspecified atom stereocenters. The molecule has 29 heavy (non-hydrogen) atoms. The fourth-order valence-electron chi connectivity index (χ4n) is 3.01. The van der Waals surface area contributed by atoms with Crippen LogP contribution in [-0.4, -0.2) is 69.4 Å². The molecule has 1 saturated heterocycles. The summed E-state index contributed by atoms with van der Waals surface area (Å²) < 4.78 is 24.6. The fourth-order valence-corrected chi connectivity index (χ4v) is 3.01. The maximum Gasteiger partial charge on any atom is 0.191 e. The van der Waals surface area contributed by atoms with Gasteiger partial charge in [-0.05, 0) is 44.9 Å². The van der Waals surface area contributed by atoms with Crippen molar-refractivity contribution in [1.29, 1.82) is 0 Å². The van der Waals surface area contributed by atoms with Crippen LogP contribution in [0.4, 0.5) is 4.39 Å². The molecular formula is C21H36FIN4O2. The van der Waals surface area contributed by atoms with E-state index in [1.807, 2.05) is 6.92 Å². The first-order valence-corrected chi connectivity index (χ1v) is 10.5. The minimum absolute atomic E-state index is 0. The molecule has 1 atom stereocenters. The number of hydrogen-bond donors (Lipinski definition) is 2. The van der Waals surface area contributed by atoms with E-state index in [-0.39, 0.29) is 35.9 Å². The maximum absolute atomic E-state index is 13.3. The molecule has 2 N–H and O–H groups in total. The Balaban J connectivity index is 0.00000420. The third kappa shape index (κ3) is 11.0. The van der Waals surface area contributed by atoms with Crippen LogP contribution in [0.15, 0.2) is 29.3 Å². The Labute approximate surface area is 191 Å². The van der Waals surface area contributed by atoms with Gasteiger partial charge in [-0.15, -0.1) is 24.0 Å². The van der Waals surface area contributed by atoms with Crippen molar-refractivity contribution in [2.24, 2.45) is 4.99 Å². The normalized spacial score (nSPS) is 16.0. The summed E-state index contributed by atoms with van der Waals surface area (Å²) >= 11 is 0. The Morgan fingerprint density at radius 1 is 1.24 bits per heavy atom. The minimum atomic E-state index is -0.289. The molecule has 1 aliphatic heterocycles. The Morgan fingerprint density at radius 2 is 2.03 bits per heavy atom. The molecule has 0 bridgehead atoms. The zero-order chi connectivity index (χ0) is 20.0. The highest BCUT2D eigenvalue weighted by Gasteiger charge is 2.10. The van der Waals surface area contributed by atoms with E-state index in [0.717, 1.165) is 71.2 Å². The molecule has 6 nitrogen and oxygen atoms in total. The number of hydrogen-bond acceptors (Lipinski definition) is 4. The minimum Gasteiger partial charge on any atom is -0.488 e. The molecule has 1 heterocycles.